The molecular formula is C14H16F5NO. The molecule has 2 rings (SSSR count). The standard InChI is InChI=1S/C14H16F5NO/c1-4-20-6-5-7(14(6,2)3)21-13-11(18)9(16)8(15)10(17)12(13)19/h6-7,20H,4-5H2,1-3H3. The molecule has 0 aromatic heterocycles. The van der Waals surface area contributed by atoms with Crippen molar-refractivity contribution in [3.63, 3.8) is 0 Å². The van der Waals surface area contributed by atoms with E-state index in [1.165, 1.54) is 0 Å². The van der Waals surface area contributed by atoms with Gasteiger partial charge in [-0.3, -0.25) is 0 Å². The van der Waals surface area contributed by atoms with Crippen LogP contribution < -0.4 is 10.1 Å². The summed E-state index contributed by atoms with van der Waals surface area (Å²) in [4.78, 5) is 0. The Bertz CT molecular complexity index is 532. The number of rotatable bonds is 4. The first-order valence-corrected chi connectivity index (χ1v) is 6.63. The Morgan fingerprint density at radius 1 is 1.00 bits per heavy atom. The van der Waals surface area contributed by atoms with E-state index >= 15 is 0 Å². The van der Waals surface area contributed by atoms with Crippen LogP contribution in [-0.2, 0) is 0 Å². The molecule has 0 aliphatic heterocycles. The zero-order valence-electron chi connectivity index (χ0n) is 11.9. The third-order valence-electron chi connectivity index (χ3n) is 4.06. The van der Waals surface area contributed by atoms with Gasteiger partial charge in [-0.25, -0.2) is 13.2 Å². The van der Waals surface area contributed by atoms with Crippen molar-refractivity contribution in [1.82, 2.24) is 5.32 Å². The first kappa shape index (κ1) is 16.0. The molecular weight excluding hydrogens is 293 g/mol. The quantitative estimate of drug-likeness (QED) is 0.522. The van der Waals surface area contributed by atoms with Gasteiger partial charge in [-0.1, -0.05) is 20.8 Å². The fourth-order valence-corrected chi connectivity index (χ4v) is 2.51. The number of halogens is 5. The molecule has 1 aromatic rings. The molecule has 2 atom stereocenters. The van der Waals surface area contributed by atoms with Gasteiger partial charge >= 0.3 is 0 Å². The Balaban J connectivity index is 2.26. The number of benzene rings is 1. The van der Waals surface area contributed by atoms with Gasteiger partial charge in [-0.05, 0) is 6.54 Å². The Labute approximate surface area is 119 Å². The molecule has 1 aliphatic rings. The van der Waals surface area contributed by atoms with E-state index in [4.69, 9.17) is 4.74 Å². The van der Waals surface area contributed by atoms with Crippen LogP contribution >= 0.6 is 0 Å². The summed E-state index contributed by atoms with van der Waals surface area (Å²) in [7, 11) is 0. The topological polar surface area (TPSA) is 21.3 Å². The molecule has 21 heavy (non-hydrogen) atoms. The van der Waals surface area contributed by atoms with Gasteiger partial charge in [0.2, 0.25) is 29.1 Å². The fourth-order valence-electron chi connectivity index (χ4n) is 2.51. The fraction of sp³-hybridized carbons (Fsp3) is 0.571. The number of hydrogen-bond acceptors (Lipinski definition) is 2. The molecule has 0 amide bonds. The maximum atomic E-state index is 13.6. The second-order valence-electron chi connectivity index (χ2n) is 5.67. The lowest BCUT2D eigenvalue weighted by Gasteiger charge is -2.51. The summed E-state index contributed by atoms with van der Waals surface area (Å²) in [6, 6.07) is 0.0637. The Morgan fingerprint density at radius 3 is 1.90 bits per heavy atom. The minimum Gasteiger partial charge on any atom is -0.484 e. The number of nitrogens with one attached hydrogen (secondary N) is 1. The van der Waals surface area contributed by atoms with Crippen molar-refractivity contribution in [2.45, 2.75) is 39.3 Å². The highest BCUT2D eigenvalue weighted by atomic mass is 19.2. The maximum Gasteiger partial charge on any atom is 0.207 e. The van der Waals surface area contributed by atoms with Crippen LogP contribution in [-0.4, -0.2) is 18.7 Å². The Hall–Kier alpha value is -1.37. The minimum atomic E-state index is -2.18. The summed E-state index contributed by atoms with van der Waals surface area (Å²) >= 11 is 0. The van der Waals surface area contributed by atoms with Crippen molar-refractivity contribution < 1.29 is 26.7 Å². The van der Waals surface area contributed by atoms with Crippen LogP contribution in [0.25, 0.3) is 0 Å². The summed E-state index contributed by atoms with van der Waals surface area (Å²) in [5.74, 6) is -11.3. The smallest absolute Gasteiger partial charge is 0.207 e. The molecule has 0 heterocycles. The summed E-state index contributed by atoms with van der Waals surface area (Å²) in [6.07, 6.45) is -0.199. The third-order valence-corrected chi connectivity index (χ3v) is 4.06. The molecule has 1 aliphatic carbocycles. The van der Waals surface area contributed by atoms with Gasteiger partial charge < -0.3 is 10.1 Å². The van der Waals surface area contributed by atoms with Crippen LogP contribution in [0.2, 0.25) is 0 Å². The van der Waals surface area contributed by atoms with Crippen LogP contribution in [0.1, 0.15) is 27.2 Å². The lowest BCUT2D eigenvalue weighted by atomic mass is 9.64. The molecule has 0 bridgehead atoms. The highest BCUT2D eigenvalue weighted by Crippen LogP contribution is 2.44. The monoisotopic (exact) mass is 309 g/mol. The highest BCUT2D eigenvalue weighted by molar-refractivity contribution is 5.30. The lowest BCUT2D eigenvalue weighted by Crippen LogP contribution is -2.62. The normalized spacial score (nSPS) is 23.8. The van der Waals surface area contributed by atoms with Crippen molar-refractivity contribution in [1.29, 1.82) is 0 Å². The number of hydrogen-bond donors (Lipinski definition) is 1. The Kier molecular flexibility index (Phi) is 4.15. The van der Waals surface area contributed by atoms with Crippen LogP contribution in [0, 0.1) is 34.5 Å². The van der Waals surface area contributed by atoms with E-state index in [2.05, 4.69) is 5.32 Å². The largest absolute Gasteiger partial charge is 0.484 e. The SMILES string of the molecule is CCNC1CC(Oc2c(F)c(F)c(F)c(F)c2F)C1(C)C. The molecule has 1 N–H and O–H groups in total. The number of ether oxygens (including phenoxy) is 1. The first-order valence-electron chi connectivity index (χ1n) is 6.63. The van der Waals surface area contributed by atoms with Crippen molar-refractivity contribution in [2.75, 3.05) is 6.54 Å². The molecule has 7 heteroatoms. The molecule has 1 aromatic carbocycles. The zero-order valence-corrected chi connectivity index (χ0v) is 11.9. The van der Waals surface area contributed by atoms with Gasteiger partial charge in [0.15, 0.2) is 5.75 Å². The van der Waals surface area contributed by atoms with E-state index in [1.807, 2.05) is 6.92 Å². The molecule has 0 spiro atoms. The van der Waals surface area contributed by atoms with Crippen molar-refractivity contribution >= 4 is 0 Å². The third kappa shape index (κ3) is 2.47. The van der Waals surface area contributed by atoms with Gasteiger partial charge in [0.05, 0.1) is 0 Å². The van der Waals surface area contributed by atoms with Gasteiger partial charge in [0.1, 0.15) is 6.10 Å². The van der Waals surface area contributed by atoms with E-state index < -0.39 is 46.4 Å². The first-order chi connectivity index (χ1) is 9.71. The predicted molar refractivity (Wildman–Crippen MR) is 66.5 cm³/mol. The van der Waals surface area contributed by atoms with Crippen LogP contribution in [0.4, 0.5) is 22.0 Å². The predicted octanol–water partition coefficient (Wildman–Crippen LogP) is 3.54. The Morgan fingerprint density at radius 2 is 1.48 bits per heavy atom. The molecule has 0 radical (unpaired) electrons. The van der Waals surface area contributed by atoms with Crippen LogP contribution in [0.15, 0.2) is 0 Å². The summed E-state index contributed by atoms with van der Waals surface area (Å²) in [5, 5.41) is 3.17. The van der Waals surface area contributed by atoms with Crippen molar-refractivity contribution in [3.8, 4) is 5.75 Å². The van der Waals surface area contributed by atoms with Crippen molar-refractivity contribution in [3.05, 3.63) is 29.1 Å². The molecule has 2 nitrogen and oxygen atoms in total. The van der Waals surface area contributed by atoms with Crippen LogP contribution in [0.5, 0.6) is 5.75 Å². The van der Waals surface area contributed by atoms with Gasteiger partial charge in [0, 0.05) is 17.9 Å². The van der Waals surface area contributed by atoms with Crippen molar-refractivity contribution in [2.24, 2.45) is 5.41 Å². The lowest BCUT2D eigenvalue weighted by molar-refractivity contribution is -0.0583. The van der Waals surface area contributed by atoms with E-state index in [-0.39, 0.29) is 6.04 Å². The van der Waals surface area contributed by atoms with E-state index in [0.29, 0.717) is 13.0 Å². The summed E-state index contributed by atoms with van der Waals surface area (Å²) in [6.45, 7) is 6.23. The van der Waals surface area contributed by atoms with E-state index in [1.54, 1.807) is 13.8 Å². The second-order valence-corrected chi connectivity index (χ2v) is 5.67. The average Bonchev–Trinajstić information content (AvgIpc) is 2.45. The highest BCUT2D eigenvalue weighted by Gasteiger charge is 2.50. The van der Waals surface area contributed by atoms with E-state index in [0.717, 1.165) is 0 Å². The molecule has 0 saturated heterocycles. The zero-order chi connectivity index (χ0) is 15.9. The molecule has 118 valence electrons. The molecule has 1 saturated carbocycles. The van der Waals surface area contributed by atoms with Gasteiger partial charge in [0.25, 0.3) is 0 Å². The van der Waals surface area contributed by atoms with Gasteiger partial charge in [-0.15, -0.1) is 0 Å². The molecule has 1 fully saturated rings. The summed E-state index contributed by atoms with van der Waals surface area (Å²) < 4.78 is 71.4. The van der Waals surface area contributed by atoms with Gasteiger partial charge in [-0.2, -0.15) is 8.78 Å². The minimum absolute atomic E-state index is 0.0637. The van der Waals surface area contributed by atoms with Crippen LogP contribution in [0.3, 0.4) is 0 Å². The second kappa shape index (κ2) is 5.44. The van der Waals surface area contributed by atoms with E-state index in [9.17, 15) is 22.0 Å². The average molecular weight is 309 g/mol. The molecule has 2 unspecified atom stereocenters. The summed E-state index contributed by atoms with van der Waals surface area (Å²) in [5.41, 5.74) is -0.476. The maximum absolute atomic E-state index is 13.6.